The maximum Gasteiger partial charge on any atom is 0.238 e. The molecule has 0 bridgehead atoms. The first kappa shape index (κ1) is 14.3. The Balaban J connectivity index is 1.88. The predicted molar refractivity (Wildman–Crippen MR) is 79.6 cm³/mol. The average Bonchev–Trinajstić information content (AvgIpc) is 2.90. The lowest BCUT2D eigenvalue weighted by molar-refractivity contribution is -0.115. The Hall–Kier alpha value is -1.07. The molecule has 0 spiro atoms. The summed E-state index contributed by atoms with van der Waals surface area (Å²) in [4.78, 5) is 11.9. The molecule has 104 valence electrons. The number of nitrogens with one attached hydrogen (secondary N) is 2. The smallest absolute Gasteiger partial charge is 0.238 e. The van der Waals surface area contributed by atoms with E-state index in [0.29, 0.717) is 24.0 Å². The molecule has 5 heteroatoms. The molecule has 2 rings (SSSR count). The molecule has 1 aromatic carbocycles. The summed E-state index contributed by atoms with van der Waals surface area (Å²) in [6.45, 7) is 0.348. The van der Waals surface area contributed by atoms with Gasteiger partial charge in [-0.25, -0.2) is 0 Å². The molecule has 0 saturated heterocycles. The highest BCUT2D eigenvalue weighted by atomic mass is 79.9. The summed E-state index contributed by atoms with van der Waals surface area (Å²) in [7, 11) is 1.59. The molecule has 1 aliphatic carbocycles. The number of carbonyl (C=O) groups is 1. The van der Waals surface area contributed by atoms with Gasteiger partial charge in [-0.05, 0) is 31.0 Å². The van der Waals surface area contributed by atoms with E-state index in [9.17, 15) is 4.79 Å². The van der Waals surface area contributed by atoms with E-state index in [1.165, 1.54) is 25.7 Å². The van der Waals surface area contributed by atoms with Gasteiger partial charge in [0.1, 0.15) is 5.75 Å². The highest BCUT2D eigenvalue weighted by molar-refractivity contribution is 9.10. The number of rotatable bonds is 5. The van der Waals surface area contributed by atoms with Gasteiger partial charge >= 0.3 is 0 Å². The second-order valence-corrected chi connectivity index (χ2v) is 5.67. The zero-order chi connectivity index (χ0) is 13.7. The van der Waals surface area contributed by atoms with Crippen LogP contribution in [0, 0.1) is 0 Å². The fourth-order valence-corrected chi connectivity index (χ4v) is 2.70. The van der Waals surface area contributed by atoms with Crippen molar-refractivity contribution in [1.29, 1.82) is 0 Å². The van der Waals surface area contributed by atoms with Crippen molar-refractivity contribution in [2.24, 2.45) is 0 Å². The Morgan fingerprint density at radius 3 is 2.84 bits per heavy atom. The van der Waals surface area contributed by atoms with Gasteiger partial charge in [0, 0.05) is 10.5 Å². The van der Waals surface area contributed by atoms with E-state index in [2.05, 4.69) is 26.6 Å². The summed E-state index contributed by atoms with van der Waals surface area (Å²) in [5, 5.41) is 6.16. The summed E-state index contributed by atoms with van der Waals surface area (Å²) >= 11 is 3.39. The van der Waals surface area contributed by atoms with Gasteiger partial charge in [-0.3, -0.25) is 4.79 Å². The van der Waals surface area contributed by atoms with Crippen molar-refractivity contribution in [1.82, 2.24) is 5.32 Å². The van der Waals surface area contributed by atoms with E-state index in [1.807, 2.05) is 18.2 Å². The standard InChI is InChI=1S/C14H19BrN2O2/c1-19-13-7-6-10(15)8-12(13)17-14(18)9-16-11-4-2-3-5-11/h6-8,11,16H,2-5,9H2,1H3,(H,17,18). The molecule has 1 aromatic rings. The topological polar surface area (TPSA) is 50.4 Å². The summed E-state index contributed by atoms with van der Waals surface area (Å²) < 4.78 is 6.13. The zero-order valence-corrected chi connectivity index (χ0v) is 12.6. The van der Waals surface area contributed by atoms with Crippen molar-refractivity contribution < 1.29 is 9.53 Å². The molecule has 0 heterocycles. The van der Waals surface area contributed by atoms with Crippen LogP contribution in [-0.2, 0) is 4.79 Å². The van der Waals surface area contributed by atoms with E-state index in [-0.39, 0.29) is 5.91 Å². The number of hydrogen-bond donors (Lipinski definition) is 2. The molecule has 0 radical (unpaired) electrons. The number of carbonyl (C=O) groups excluding carboxylic acids is 1. The molecule has 1 amide bonds. The van der Waals surface area contributed by atoms with Gasteiger partial charge in [0.25, 0.3) is 0 Å². The van der Waals surface area contributed by atoms with Gasteiger partial charge in [0.2, 0.25) is 5.91 Å². The van der Waals surface area contributed by atoms with E-state index in [4.69, 9.17) is 4.74 Å². The summed E-state index contributed by atoms with van der Waals surface area (Å²) in [6, 6.07) is 6.04. The largest absolute Gasteiger partial charge is 0.495 e. The molecule has 0 aliphatic heterocycles. The monoisotopic (exact) mass is 326 g/mol. The van der Waals surface area contributed by atoms with Crippen LogP contribution in [0.25, 0.3) is 0 Å². The van der Waals surface area contributed by atoms with E-state index >= 15 is 0 Å². The molecule has 1 aliphatic rings. The molecule has 19 heavy (non-hydrogen) atoms. The zero-order valence-electron chi connectivity index (χ0n) is 11.0. The van der Waals surface area contributed by atoms with Crippen molar-refractivity contribution in [2.45, 2.75) is 31.7 Å². The fourth-order valence-electron chi connectivity index (χ4n) is 2.34. The first-order valence-electron chi connectivity index (χ1n) is 6.56. The van der Waals surface area contributed by atoms with E-state index < -0.39 is 0 Å². The van der Waals surface area contributed by atoms with Crippen molar-refractivity contribution >= 4 is 27.5 Å². The lowest BCUT2D eigenvalue weighted by atomic mass is 10.2. The number of anilines is 1. The number of methoxy groups -OCH3 is 1. The van der Waals surface area contributed by atoms with Gasteiger partial charge in [0.05, 0.1) is 19.3 Å². The van der Waals surface area contributed by atoms with E-state index in [0.717, 1.165) is 4.47 Å². The van der Waals surface area contributed by atoms with Crippen LogP contribution in [0.2, 0.25) is 0 Å². The Bertz CT molecular complexity index is 445. The number of amides is 1. The van der Waals surface area contributed by atoms with Crippen LogP contribution in [0.5, 0.6) is 5.75 Å². The molecular weight excluding hydrogens is 308 g/mol. The normalized spacial score (nSPS) is 15.5. The van der Waals surface area contributed by atoms with Crippen LogP contribution in [-0.4, -0.2) is 25.6 Å². The Kier molecular flexibility index (Phi) is 5.22. The van der Waals surface area contributed by atoms with Crippen molar-refractivity contribution in [2.75, 3.05) is 19.0 Å². The maximum atomic E-state index is 11.9. The van der Waals surface area contributed by atoms with Gasteiger partial charge in [-0.15, -0.1) is 0 Å². The average molecular weight is 327 g/mol. The van der Waals surface area contributed by atoms with Crippen LogP contribution >= 0.6 is 15.9 Å². The van der Waals surface area contributed by atoms with Gasteiger partial charge < -0.3 is 15.4 Å². The van der Waals surface area contributed by atoms with Crippen molar-refractivity contribution in [3.63, 3.8) is 0 Å². The van der Waals surface area contributed by atoms with Gasteiger partial charge in [-0.1, -0.05) is 28.8 Å². The summed E-state index contributed by atoms with van der Waals surface area (Å²) in [5.74, 6) is 0.626. The molecule has 1 fully saturated rings. The Labute approximate surface area is 122 Å². The van der Waals surface area contributed by atoms with Crippen LogP contribution in [0.15, 0.2) is 22.7 Å². The summed E-state index contributed by atoms with van der Waals surface area (Å²) in [6.07, 6.45) is 4.87. The minimum Gasteiger partial charge on any atom is -0.495 e. The third-order valence-electron chi connectivity index (χ3n) is 3.34. The third kappa shape index (κ3) is 4.21. The summed E-state index contributed by atoms with van der Waals surface area (Å²) in [5.41, 5.74) is 0.690. The predicted octanol–water partition coefficient (Wildman–Crippen LogP) is 2.93. The lowest BCUT2D eigenvalue weighted by Crippen LogP contribution is -2.34. The van der Waals surface area contributed by atoms with E-state index in [1.54, 1.807) is 7.11 Å². The van der Waals surface area contributed by atoms with Crippen molar-refractivity contribution in [3.8, 4) is 5.75 Å². The molecule has 0 unspecified atom stereocenters. The van der Waals surface area contributed by atoms with Crippen LogP contribution in [0.3, 0.4) is 0 Å². The minimum absolute atomic E-state index is 0.0386. The maximum absolute atomic E-state index is 11.9. The molecule has 0 atom stereocenters. The van der Waals surface area contributed by atoms with Gasteiger partial charge in [0.15, 0.2) is 0 Å². The highest BCUT2D eigenvalue weighted by Crippen LogP contribution is 2.27. The first-order chi connectivity index (χ1) is 9.19. The van der Waals surface area contributed by atoms with Crippen LogP contribution in [0.1, 0.15) is 25.7 Å². The number of benzene rings is 1. The first-order valence-corrected chi connectivity index (χ1v) is 7.35. The van der Waals surface area contributed by atoms with Crippen LogP contribution in [0.4, 0.5) is 5.69 Å². The minimum atomic E-state index is -0.0386. The van der Waals surface area contributed by atoms with Crippen LogP contribution < -0.4 is 15.4 Å². The molecule has 1 saturated carbocycles. The molecular formula is C14H19BrN2O2. The SMILES string of the molecule is COc1ccc(Br)cc1NC(=O)CNC1CCCC1. The number of hydrogen-bond acceptors (Lipinski definition) is 3. The quantitative estimate of drug-likeness (QED) is 0.874. The molecule has 2 N–H and O–H groups in total. The number of halogens is 1. The molecule has 0 aromatic heterocycles. The second kappa shape index (κ2) is 6.91. The Morgan fingerprint density at radius 1 is 1.42 bits per heavy atom. The third-order valence-corrected chi connectivity index (χ3v) is 3.84. The van der Waals surface area contributed by atoms with Crippen molar-refractivity contribution in [3.05, 3.63) is 22.7 Å². The van der Waals surface area contributed by atoms with Gasteiger partial charge in [-0.2, -0.15) is 0 Å². The Morgan fingerprint density at radius 2 is 2.16 bits per heavy atom. The fraction of sp³-hybridized carbons (Fsp3) is 0.500. The lowest BCUT2D eigenvalue weighted by Gasteiger charge is -2.13. The molecule has 4 nitrogen and oxygen atoms in total. The highest BCUT2D eigenvalue weighted by Gasteiger charge is 2.15. The number of ether oxygens (including phenoxy) is 1. The second-order valence-electron chi connectivity index (χ2n) is 4.76.